The summed E-state index contributed by atoms with van der Waals surface area (Å²) in [5.74, 6) is 0.159. The highest BCUT2D eigenvalue weighted by Crippen LogP contribution is 2.56. The van der Waals surface area contributed by atoms with Gasteiger partial charge >= 0.3 is 0 Å². The molecule has 0 saturated carbocycles. The average molecular weight is 422 g/mol. The van der Waals surface area contributed by atoms with E-state index in [4.69, 9.17) is 4.52 Å². The molecular formula is C25H18N4O3. The molecule has 2 aliphatic heterocycles. The summed E-state index contributed by atoms with van der Waals surface area (Å²) in [4.78, 5) is 30.8. The molecule has 3 atom stereocenters. The van der Waals surface area contributed by atoms with Gasteiger partial charge in [0, 0.05) is 5.56 Å². The number of fused-ring (bicyclic) bond motifs is 1. The van der Waals surface area contributed by atoms with Crippen LogP contribution in [0, 0.1) is 6.92 Å². The standard InChI is InChI=1S/C25H18N4O3/c1-15-11-13-17(14-12-15)22-26-23(32-27-22)21-20(16-7-3-2-4-8-16)28(21)29-24(30)18-9-5-6-10-19(18)25(29)31/h2-14,20-21H,1H3/t20-,21+,28?/m0/s1. The van der Waals surface area contributed by atoms with Crippen LogP contribution in [0.15, 0.2) is 83.4 Å². The SMILES string of the molecule is Cc1ccc(-c2noc([C@H]3[C@H](c4ccccc4)N3N3C(=O)c4ccccc4C3=O)n2)cc1. The maximum atomic E-state index is 13.1. The smallest absolute Gasteiger partial charge is 0.276 e. The Morgan fingerprint density at radius 2 is 1.41 bits per heavy atom. The van der Waals surface area contributed by atoms with Gasteiger partial charge in [-0.25, -0.2) is 5.01 Å². The highest BCUT2D eigenvalue weighted by molar-refractivity contribution is 6.21. The summed E-state index contributed by atoms with van der Waals surface area (Å²) in [5, 5.41) is 7.08. The number of hydrogen-bond donors (Lipinski definition) is 0. The van der Waals surface area contributed by atoms with E-state index >= 15 is 0 Å². The number of hydrogen-bond acceptors (Lipinski definition) is 6. The number of nitrogens with zero attached hydrogens (tertiary/aromatic N) is 4. The van der Waals surface area contributed by atoms with Crippen molar-refractivity contribution in [3.8, 4) is 11.4 Å². The van der Waals surface area contributed by atoms with Crippen molar-refractivity contribution in [3.63, 3.8) is 0 Å². The zero-order chi connectivity index (χ0) is 21.8. The van der Waals surface area contributed by atoms with Crippen LogP contribution in [0.2, 0.25) is 0 Å². The Morgan fingerprint density at radius 1 is 0.781 bits per heavy atom. The Bertz CT molecular complexity index is 1310. The number of amides is 2. The third-order valence-corrected chi connectivity index (χ3v) is 5.93. The number of aromatic nitrogens is 2. The topological polar surface area (TPSA) is 79.3 Å². The third-order valence-electron chi connectivity index (χ3n) is 5.93. The van der Waals surface area contributed by atoms with Gasteiger partial charge in [0.2, 0.25) is 11.7 Å². The summed E-state index contributed by atoms with van der Waals surface area (Å²) in [6, 6.07) is 23.8. The zero-order valence-electron chi connectivity index (χ0n) is 17.2. The molecule has 0 bridgehead atoms. The molecule has 0 radical (unpaired) electrons. The number of aryl methyl sites for hydroxylation is 1. The number of imide groups is 1. The van der Waals surface area contributed by atoms with Crippen LogP contribution in [0.3, 0.4) is 0 Å². The lowest BCUT2D eigenvalue weighted by Crippen LogP contribution is -2.35. The van der Waals surface area contributed by atoms with E-state index in [1.165, 1.54) is 5.01 Å². The lowest BCUT2D eigenvalue weighted by molar-refractivity contribution is 0.0332. The first-order chi connectivity index (χ1) is 15.6. The molecule has 2 amide bonds. The van der Waals surface area contributed by atoms with Crippen LogP contribution < -0.4 is 0 Å². The highest BCUT2D eigenvalue weighted by Gasteiger charge is 2.61. The number of benzene rings is 3. The minimum Gasteiger partial charge on any atom is -0.337 e. The number of carbonyl (C=O) groups excluding carboxylic acids is 2. The van der Waals surface area contributed by atoms with Crippen LogP contribution in [0.5, 0.6) is 0 Å². The summed E-state index contributed by atoms with van der Waals surface area (Å²) < 4.78 is 5.61. The molecule has 32 heavy (non-hydrogen) atoms. The molecule has 0 N–H and O–H groups in total. The van der Waals surface area contributed by atoms with Crippen LogP contribution in [0.4, 0.5) is 0 Å². The molecule has 3 heterocycles. The summed E-state index contributed by atoms with van der Waals surface area (Å²) in [6.07, 6.45) is 0. The average Bonchev–Trinajstić information content (AvgIpc) is 3.23. The lowest BCUT2D eigenvalue weighted by atomic mass is 10.1. The van der Waals surface area contributed by atoms with Gasteiger partial charge in [-0.2, -0.15) is 9.99 Å². The van der Waals surface area contributed by atoms with E-state index in [-0.39, 0.29) is 17.9 Å². The molecule has 1 aromatic heterocycles. The summed E-state index contributed by atoms with van der Waals surface area (Å²) in [7, 11) is 0. The number of carbonyl (C=O) groups is 2. The summed E-state index contributed by atoms with van der Waals surface area (Å²) in [5.41, 5.74) is 3.75. The van der Waals surface area contributed by atoms with Gasteiger partial charge in [-0.15, -0.1) is 0 Å². The van der Waals surface area contributed by atoms with Crippen molar-refractivity contribution in [1.29, 1.82) is 0 Å². The molecule has 2 aliphatic rings. The van der Waals surface area contributed by atoms with Crippen molar-refractivity contribution in [2.24, 2.45) is 0 Å². The van der Waals surface area contributed by atoms with E-state index in [1.807, 2.05) is 61.5 Å². The van der Waals surface area contributed by atoms with E-state index < -0.39 is 6.04 Å². The number of hydrazine groups is 1. The molecule has 1 saturated heterocycles. The van der Waals surface area contributed by atoms with Gasteiger partial charge in [0.15, 0.2) is 0 Å². The van der Waals surface area contributed by atoms with Gasteiger partial charge in [0.05, 0.1) is 17.2 Å². The van der Waals surface area contributed by atoms with Crippen molar-refractivity contribution < 1.29 is 14.1 Å². The van der Waals surface area contributed by atoms with Gasteiger partial charge in [-0.05, 0) is 24.6 Å². The van der Waals surface area contributed by atoms with Crippen molar-refractivity contribution in [3.05, 3.63) is 107 Å². The van der Waals surface area contributed by atoms with Crippen LogP contribution in [-0.2, 0) is 0 Å². The summed E-state index contributed by atoms with van der Waals surface area (Å²) in [6.45, 7) is 2.01. The van der Waals surface area contributed by atoms with Crippen molar-refractivity contribution in [2.45, 2.75) is 19.0 Å². The third kappa shape index (κ3) is 2.79. The first kappa shape index (κ1) is 18.7. The fourth-order valence-corrected chi connectivity index (χ4v) is 4.26. The van der Waals surface area contributed by atoms with E-state index in [9.17, 15) is 9.59 Å². The Balaban J connectivity index is 1.38. The summed E-state index contributed by atoms with van der Waals surface area (Å²) >= 11 is 0. The quantitative estimate of drug-likeness (QED) is 0.359. The van der Waals surface area contributed by atoms with Crippen LogP contribution >= 0.6 is 0 Å². The van der Waals surface area contributed by atoms with Gasteiger partial charge in [-0.3, -0.25) is 9.59 Å². The Morgan fingerprint density at radius 3 is 2.06 bits per heavy atom. The monoisotopic (exact) mass is 422 g/mol. The van der Waals surface area contributed by atoms with Crippen molar-refractivity contribution >= 4 is 11.8 Å². The normalized spacial score (nSPS) is 21.7. The second kappa shape index (κ2) is 6.96. The predicted octanol–water partition coefficient (Wildman–Crippen LogP) is 4.35. The van der Waals surface area contributed by atoms with Gasteiger partial charge in [0.1, 0.15) is 6.04 Å². The second-order valence-corrected chi connectivity index (χ2v) is 7.97. The molecule has 6 rings (SSSR count). The lowest BCUT2D eigenvalue weighted by Gasteiger charge is -2.16. The van der Waals surface area contributed by atoms with Crippen molar-refractivity contribution in [1.82, 2.24) is 20.2 Å². The fourth-order valence-electron chi connectivity index (χ4n) is 4.26. The van der Waals surface area contributed by atoms with Gasteiger partial charge in [-0.1, -0.05) is 77.5 Å². The Hall–Kier alpha value is -4.10. The van der Waals surface area contributed by atoms with Gasteiger partial charge in [0.25, 0.3) is 11.8 Å². The maximum absolute atomic E-state index is 13.1. The first-order valence-electron chi connectivity index (χ1n) is 10.3. The highest BCUT2D eigenvalue weighted by atomic mass is 16.5. The molecular weight excluding hydrogens is 404 g/mol. The Labute approximate surface area is 183 Å². The van der Waals surface area contributed by atoms with Crippen LogP contribution in [-0.4, -0.2) is 32.0 Å². The fraction of sp³-hybridized carbons (Fsp3) is 0.120. The molecule has 3 aromatic carbocycles. The van der Waals surface area contributed by atoms with E-state index in [2.05, 4.69) is 10.1 Å². The van der Waals surface area contributed by atoms with E-state index in [1.54, 1.807) is 29.3 Å². The largest absolute Gasteiger partial charge is 0.337 e. The zero-order valence-corrected chi connectivity index (χ0v) is 17.2. The molecule has 156 valence electrons. The van der Waals surface area contributed by atoms with Crippen molar-refractivity contribution in [2.75, 3.05) is 0 Å². The molecule has 1 fully saturated rings. The molecule has 7 nitrogen and oxygen atoms in total. The van der Waals surface area contributed by atoms with E-state index in [0.717, 1.165) is 16.7 Å². The second-order valence-electron chi connectivity index (χ2n) is 7.97. The minimum absolute atomic E-state index is 0.260. The number of rotatable bonds is 4. The molecule has 0 spiro atoms. The molecule has 7 heteroatoms. The Kier molecular flexibility index (Phi) is 4.06. The van der Waals surface area contributed by atoms with E-state index in [0.29, 0.717) is 22.8 Å². The first-order valence-corrected chi connectivity index (χ1v) is 10.3. The van der Waals surface area contributed by atoms with Gasteiger partial charge < -0.3 is 4.52 Å². The molecule has 1 unspecified atom stereocenters. The molecule has 4 aromatic rings. The predicted molar refractivity (Wildman–Crippen MR) is 115 cm³/mol. The molecule has 0 aliphatic carbocycles. The van der Waals surface area contributed by atoms with Crippen LogP contribution in [0.1, 0.15) is 49.8 Å². The minimum atomic E-state index is -0.411. The maximum Gasteiger partial charge on any atom is 0.276 e. The van der Waals surface area contributed by atoms with Crippen LogP contribution in [0.25, 0.3) is 11.4 Å².